The van der Waals surface area contributed by atoms with Gasteiger partial charge in [-0.15, -0.1) is 0 Å². The summed E-state index contributed by atoms with van der Waals surface area (Å²) in [5.41, 5.74) is 19.8. The highest BCUT2D eigenvalue weighted by atomic mass is 15.0. The van der Waals surface area contributed by atoms with Crippen molar-refractivity contribution in [2.24, 2.45) is 0 Å². The van der Waals surface area contributed by atoms with Crippen molar-refractivity contribution < 1.29 is 0 Å². The van der Waals surface area contributed by atoms with Gasteiger partial charge in [0, 0.05) is 104 Å². The summed E-state index contributed by atoms with van der Waals surface area (Å²) < 4.78 is 12.2. The van der Waals surface area contributed by atoms with Gasteiger partial charge in [0.1, 0.15) is 0 Å². The third-order valence-corrected chi connectivity index (χ3v) is 17.0. The van der Waals surface area contributed by atoms with E-state index in [-0.39, 0.29) is 0 Å². The second-order valence-corrected chi connectivity index (χ2v) is 21.0. The quantitative estimate of drug-likeness (QED) is 0.179. The molecule has 362 valence electrons. The maximum atomic E-state index is 3.62. The van der Waals surface area contributed by atoms with Gasteiger partial charge in [-0.05, 0) is 133 Å². The summed E-state index contributed by atoms with van der Waals surface area (Å²) in [5.74, 6) is 0. The highest BCUT2D eigenvalue weighted by Crippen LogP contribution is 2.42. The Morgan fingerprint density at radius 2 is 0.385 bits per heavy atom. The number of H-pyrrole nitrogens is 1. The van der Waals surface area contributed by atoms with Crippen molar-refractivity contribution in [3.8, 4) is 28.4 Å². The number of hydrogen-bond donors (Lipinski definition) is 1. The number of aromatic nitrogens is 6. The Hall–Kier alpha value is -10.6. The van der Waals surface area contributed by atoms with Crippen molar-refractivity contribution >= 4 is 131 Å². The highest BCUT2D eigenvalue weighted by molar-refractivity contribution is 6.17. The molecule has 0 aliphatic heterocycles. The van der Waals surface area contributed by atoms with Crippen LogP contribution in [0.4, 0.5) is 0 Å². The van der Waals surface area contributed by atoms with E-state index in [2.05, 4.69) is 289 Å². The van der Waals surface area contributed by atoms with E-state index in [9.17, 15) is 0 Å². The van der Waals surface area contributed by atoms with Crippen molar-refractivity contribution in [1.29, 1.82) is 0 Å². The third-order valence-electron chi connectivity index (χ3n) is 17.0. The minimum Gasteiger partial charge on any atom is -0.355 e. The summed E-state index contributed by atoms with van der Waals surface area (Å²) >= 11 is 0. The molecule has 0 aliphatic carbocycles. The number of rotatable bonds is 5. The predicted octanol–water partition coefficient (Wildman–Crippen LogP) is 18.8. The van der Waals surface area contributed by atoms with Crippen LogP contribution in [-0.2, 0) is 0 Å². The van der Waals surface area contributed by atoms with Gasteiger partial charge in [-0.25, -0.2) is 0 Å². The number of nitrogens with zero attached hydrogens (tertiary/aromatic N) is 5. The van der Waals surface area contributed by atoms with Crippen LogP contribution in [0, 0.1) is 0 Å². The van der Waals surface area contributed by atoms with Gasteiger partial charge in [-0.2, -0.15) is 0 Å². The van der Waals surface area contributed by atoms with Crippen molar-refractivity contribution in [3.05, 3.63) is 261 Å². The second-order valence-electron chi connectivity index (χ2n) is 21.0. The monoisotopic (exact) mass is 992 g/mol. The van der Waals surface area contributed by atoms with Crippen LogP contribution in [0.2, 0.25) is 0 Å². The molecule has 6 heterocycles. The van der Waals surface area contributed by atoms with E-state index in [1.54, 1.807) is 0 Å². The largest absolute Gasteiger partial charge is 0.355 e. The number of nitrogens with one attached hydrogen (secondary N) is 1. The molecule has 6 heteroatoms. The normalized spacial score (nSPS) is 12.4. The first-order valence-corrected chi connectivity index (χ1v) is 26.8. The first-order valence-electron chi connectivity index (χ1n) is 26.8. The van der Waals surface area contributed by atoms with Crippen LogP contribution in [0.15, 0.2) is 261 Å². The van der Waals surface area contributed by atoms with Gasteiger partial charge in [0.15, 0.2) is 0 Å². The minimum atomic E-state index is 1.13. The molecular weight excluding hydrogens is 949 g/mol. The van der Waals surface area contributed by atoms with E-state index in [4.69, 9.17) is 0 Å². The lowest BCUT2D eigenvalue weighted by Crippen LogP contribution is -1.97. The summed E-state index contributed by atoms with van der Waals surface area (Å²) in [4.78, 5) is 3.62. The molecule has 6 aromatic heterocycles. The highest BCUT2D eigenvalue weighted by Gasteiger charge is 2.22. The van der Waals surface area contributed by atoms with E-state index in [0.717, 1.165) is 39.5 Å². The summed E-state index contributed by atoms with van der Waals surface area (Å²) in [6, 6.07) is 96.4. The summed E-state index contributed by atoms with van der Waals surface area (Å²) in [7, 11) is 0. The molecule has 6 nitrogen and oxygen atoms in total. The van der Waals surface area contributed by atoms with Crippen LogP contribution in [0.1, 0.15) is 0 Å². The third kappa shape index (κ3) is 5.64. The molecule has 0 atom stereocenters. The molecule has 0 fully saturated rings. The van der Waals surface area contributed by atoms with Gasteiger partial charge in [-0.1, -0.05) is 127 Å². The maximum Gasteiger partial charge on any atom is 0.0542 e. The second kappa shape index (κ2) is 15.5. The minimum absolute atomic E-state index is 1.13. The molecule has 18 aromatic rings. The molecule has 0 saturated carbocycles. The summed E-state index contributed by atoms with van der Waals surface area (Å²) in [6.07, 6.45) is 0. The SMILES string of the molecule is c1ccc2c(c1)[nH]c1ccc(-n3c4ccccc4c4cc(-n5c6ccccc6c6cc(-n7c8ccccc8c8cc(-n9c%10ccccc%10c%10cc(-n%11c%12ccccc%12c%12ccccc%12%11)ccc%109)ccc87)ccc65)ccc43)cc12. The van der Waals surface area contributed by atoms with Gasteiger partial charge in [-0.3, -0.25) is 0 Å². The van der Waals surface area contributed by atoms with E-state index >= 15 is 0 Å². The van der Waals surface area contributed by atoms with Gasteiger partial charge in [0.2, 0.25) is 0 Å². The maximum absolute atomic E-state index is 3.62. The van der Waals surface area contributed by atoms with Crippen LogP contribution < -0.4 is 0 Å². The van der Waals surface area contributed by atoms with Crippen LogP contribution >= 0.6 is 0 Å². The summed E-state index contributed by atoms with van der Waals surface area (Å²) in [6.45, 7) is 0. The lowest BCUT2D eigenvalue weighted by Gasteiger charge is -2.12. The molecule has 18 rings (SSSR count). The Balaban J connectivity index is 0.782. The Morgan fingerprint density at radius 1 is 0.167 bits per heavy atom. The van der Waals surface area contributed by atoms with Crippen LogP contribution in [-0.4, -0.2) is 27.8 Å². The van der Waals surface area contributed by atoms with Crippen LogP contribution in [0.5, 0.6) is 0 Å². The van der Waals surface area contributed by atoms with Gasteiger partial charge in [0.25, 0.3) is 0 Å². The molecule has 0 aliphatic rings. The van der Waals surface area contributed by atoms with E-state index in [1.807, 2.05) is 0 Å². The predicted molar refractivity (Wildman–Crippen MR) is 327 cm³/mol. The van der Waals surface area contributed by atoms with Crippen molar-refractivity contribution in [2.45, 2.75) is 0 Å². The molecular formula is C72H44N6. The topological polar surface area (TPSA) is 40.4 Å². The standard InChI is InChI=1S/C72H44N6/c1-8-22-61-49(15-1)56-39-44(29-34-62(56)73-61)75-65-25-11-4-18-52(65)58-41-46(31-36-69(58)75)77-67-27-13-6-20-54(67)60-43-48(33-38-71(60)77)78-68-28-14-7-21-55(68)59-42-47(32-37-72(59)78)76-66-26-12-5-19-53(66)57-40-45(30-35-70(57)76)74-63-23-9-2-16-50(63)51-17-3-10-24-64(51)74/h1-43,73H. The molecule has 0 amide bonds. The smallest absolute Gasteiger partial charge is 0.0542 e. The molecule has 1 N–H and O–H groups in total. The number of benzene rings is 12. The Labute approximate surface area is 445 Å². The fraction of sp³-hybridized carbons (Fsp3) is 0. The zero-order valence-corrected chi connectivity index (χ0v) is 42.1. The van der Waals surface area contributed by atoms with Crippen molar-refractivity contribution in [3.63, 3.8) is 0 Å². The number of aromatic amines is 1. The fourth-order valence-corrected chi connectivity index (χ4v) is 13.7. The number of para-hydroxylation sites is 7. The van der Waals surface area contributed by atoms with Crippen LogP contribution in [0.25, 0.3) is 159 Å². The molecule has 12 aromatic carbocycles. The van der Waals surface area contributed by atoms with E-state index < -0.39 is 0 Å². The van der Waals surface area contributed by atoms with Crippen molar-refractivity contribution in [2.75, 3.05) is 0 Å². The molecule has 0 spiro atoms. The number of fused-ring (bicyclic) bond motifs is 18. The van der Waals surface area contributed by atoms with Crippen LogP contribution in [0.3, 0.4) is 0 Å². The van der Waals surface area contributed by atoms with Gasteiger partial charge in [0.05, 0.1) is 55.2 Å². The summed E-state index contributed by atoms with van der Waals surface area (Å²) in [5, 5.41) is 14.8. The molecule has 0 saturated heterocycles. The van der Waals surface area contributed by atoms with E-state index in [1.165, 1.54) is 120 Å². The molecule has 0 bridgehead atoms. The Kier molecular flexibility index (Phi) is 8.30. The Morgan fingerprint density at radius 3 is 0.705 bits per heavy atom. The lowest BCUT2D eigenvalue weighted by molar-refractivity contribution is 1.16. The average molecular weight is 993 g/mol. The molecule has 0 radical (unpaired) electrons. The number of hydrogen-bond acceptors (Lipinski definition) is 0. The first kappa shape index (κ1) is 41.8. The zero-order valence-electron chi connectivity index (χ0n) is 42.1. The Bertz CT molecular complexity index is 5540. The van der Waals surface area contributed by atoms with Gasteiger partial charge < -0.3 is 27.8 Å². The zero-order chi connectivity index (χ0) is 50.7. The first-order chi connectivity index (χ1) is 38.7. The van der Waals surface area contributed by atoms with Crippen molar-refractivity contribution in [1.82, 2.24) is 27.8 Å². The molecule has 78 heavy (non-hydrogen) atoms. The fourth-order valence-electron chi connectivity index (χ4n) is 13.7. The van der Waals surface area contributed by atoms with Gasteiger partial charge >= 0.3 is 0 Å². The van der Waals surface area contributed by atoms with E-state index in [0.29, 0.717) is 0 Å². The average Bonchev–Trinajstić information content (AvgIpc) is 4.54. The molecule has 0 unspecified atom stereocenters. The lowest BCUT2D eigenvalue weighted by atomic mass is 10.1.